The van der Waals surface area contributed by atoms with Crippen LogP contribution in [-0.4, -0.2) is 82.5 Å². The van der Waals surface area contributed by atoms with E-state index in [-0.39, 0.29) is 18.0 Å². The Hall–Kier alpha value is -2.01. The minimum atomic E-state index is -3.77. The van der Waals surface area contributed by atoms with Crippen LogP contribution in [0.4, 0.5) is 0 Å². The molecule has 28 heavy (non-hydrogen) atoms. The predicted molar refractivity (Wildman–Crippen MR) is 104 cm³/mol. The van der Waals surface area contributed by atoms with Gasteiger partial charge in [0.05, 0.1) is 18.0 Å². The molecule has 2 amide bonds. The molecule has 1 saturated heterocycles. The monoisotopic (exact) mass is 412 g/mol. The number of hydrogen-bond acceptors (Lipinski definition) is 6. The van der Waals surface area contributed by atoms with Crippen LogP contribution in [0.2, 0.25) is 0 Å². The second kappa shape index (κ2) is 9.97. The molecule has 1 aromatic rings. The van der Waals surface area contributed by atoms with Crippen molar-refractivity contribution < 1.29 is 22.7 Å². The maximum atomic E-state index is 12.9. The van der Waals surface area contributed by atoms with Gasteiger partial charge in [-0.3, -0.25) is 9.59 Å². The van der Waals surface area contributed by atoms with Crippen molar-refractivity contribution in [2.75, 3.05) is 46.9 Å². The Balaban J connectivity index is 1.98. The van der Waals surface area contributed by atoms with Gasteiger partial charge in [-0.25, -0.2) is 8.42 Å². The average molecular weight is 413 g/mol. The summed E-state index contributed by atoms with van der Waals surface area (Å²) in [5, 5.41) is 4.97. The van der Waals surface area contributed by atoms with Gasteiger partial charge >= 0.3 is 11.8 Å². The zero-order valence-corrected chi connectivity index (χ0v) is 17.3. The number of amides is 2. The zero-order valence-electron chi connectivity index (χ0n) is 16.5. The number of benzene rings is 1. The lowest BCUT2D eigenvalue weighted by Crippen LogP contribution is -2.53. The third-order valence-electron chi connectivity index (χ3n) is 4.27. The molecular formula is C18H28N4O5S. The van der Waals surface area contributed by atoms with Gasteiger partial charge in [-0.2, -0.15) is 4.31 Å². The number of sulfonamides is 1. The molecule has 1 aliphatic heterocycles. The third-order valence-corrected chi connectivity index (χ3v) is 6.17. The largest absolute Gasteiger partial charge is 0.360 e. The van der Waals surface area contributed by atoms with Crippen LogP contribution in [0.25, 0.3) is 0 Å². The zero-order chi connectivity index (χ0) is 20.7. The number of aryl methyl sites for hydroxylation is 1. The molecule has 0 aliphatic carbocycles. The van der Waals surface area contributed by atoms with Crippen LogP contribution < -0.4 is 10.6 Å². The average Bonchev–Trinajstić information content (AvgIpc) is 2.66. The van der Waals surface area contributed by atoms with Gasteiger partial charge in [-0.05, 0) is 39.6 Å². The fourth-order valence-electron chi connectivity index (χ4n) is 2.68. The van der Waals surface area contributed by atoms with Gasteiger partial charge in [-0.1, -0.05) is 17.7 Å². The van der Waals surface area contributed by atoms with E-state index in [1.807, 2.05) is 25.9 Å². The first-order valence-electron chi connectivity index (χ1n) is 9.12. The lowest BCUT2D eigenvalue weighted by Gasteiger charge is -2.34. The highest BCUT2D eigenvalue weighted by Crippen LogP contribution is 2.22. The maximum Gasteiger partial charge on any atom is 0.309 e. The van der Waals surface area contributed by atoms with Crippen LogP contribution in [0, 0.1) is 6.92 Å². The summed E-state index contributed by atoms with van der Waals surface area (Å²) in [5.41, 5.74) is 0.956. The number of likely N-dealkylation sites (N-methyl/N-ethyl adjacent to an activating group) is 1. The highest BCUT2D eigenvalue weighted by molar-refractivity contribution is 7.89. The molecule has 1 unspecified atom stereocenters. The van der Waals surface area contributed by atoms with Crippen LogP contribution in [-0.2, 0) is 24.3 Å². The van der Waals surface area contributed by atoms with E-state index in [2.05, 4.69) is 10.6 Å². The van der Waals surface area contributed by atoms with Gasteiger partial charge in [0, 0.05) is 19.6 Å². The Bertz CT molecular complexity index is 780. The van der Waals surface area contributed by atoms with E-state index in [1.54, 1.807) is 24.3 Å². The molecule has 0 aromatic heterocycles. The van der Waals surface area contributed by atoms with Gasteiger partial charge in [0.25, 0.3) is 0 Å². The normalized spacial score (nSPS) is 18.1. The van der Waals surface area contributed by atoms with Gasteiger partial charge < -0.3 is 20.3 Å². The molecule has 1 fully saturated rings. The summed E-state index contributed by atoms with van der Waals surface area (Å²) in [6.07, 6.45) is -0.306. The van der Waals surface area contributed by atoms with Crippen molar-refractivity contribution in [3.8, 4) is 0 Å². The first-order chi connectivity index (χ1) is 13.2. The summed E-state index contributed by atoms with van der Waals surface area (Å²) < 4.78 is 32.7. The molecular weight excluding hydrogens is 384 g/mol. The SMILES string of the molecule is Cc1ccc(S(=O)(=O)N2CCCOC2CNC(=O)C(=O)NCCN(C)C)cc1. The molecule has 0 radical (unpaired) electrons. The fourth-order valence-corrected chi connectivity index (χ4v) is 4.25. The molecule has 156 valence electrons. The minimum Gasteiger partial charge on any atom is -0.360 e. The molecule has 2 N–H and O–H groups in total. The molecule has 1 atom stereocenters. The van der Waals surface area contributed by atoms with Crippen molar-refractivity contribution in [2.45, 2.75) is 24.5 Å². The Morgan fingerprint density at radius 1 is 1.18 bits per heavy atom. The van der Waals surface area contributed by atoms with Crippen molar-refractivity contribution in [2.24, 2.45) is 0 Å². The van der Waals surface area contributed by atoms with Crippen molar-refractivity contribution in [3.63, 3.8) is 0 Å². The lowest BCUT2D eigenvalue weighted by atomic mass is 10.2. The van der Waals surface area contributed by atoms with Crippen LogP contribution in [0.5, 0.6) is 0 Å². The van der Waals surface area contributed by atoms with Crippen molar-refractivity contribution >= 4 is 21.8 Å². The second-order valence-electron chi connectivity index (χ2n) is 6.88. The Morgan fingerprint density at radius 3 is 2.46 bits per heavy atom. The molecule has 1 aliphatic rings. The van der Waals surface area contributed by atoms with Gasteiger partial charge in [0.2, 0.25) is 10.0 Å². The third kappa shape index (κ3) is 5.99. The molecule has 9 nitrogen and oxygen atoms in total. The van der Waals surface area contributed by atoms with Crippen LogP contribution >= 0.6 is 0 Å². The van der Waals surface area contributed by atoms with E-state index in [4.69, 9.17) is 4.74 Å². The number of carbonyl (C=O) groups is 2. The lowest BCUT2D eigenvalue weighted by molar-refractivity contribution is -0.140. The van der Waals surface area contributed by atoms with Crippen molar-refractivity contribution in [1.29, 1.82) is 0 Å². The summed E-state index contributed by atoms with van der Waals surface area (Å²) in [7, 11) is -0.0551. The molecule has 0 spiro atoms. The Labute approximate surface area is 166 Å². The first-order valence-corrected chi connectivity index (χ1v) is 10.6. The molecule has 0 bridgehead atoms. The predicted octanol–water partition coefficient (Wildman–Crippen LogP) is -0.474. The number of rotatable bonds is 7. The summed E-state index contributed by atoms with van der Waals surface area (Å²) in [5.74, 6) is -1.58. The fraction of sp³-hybridized carbons (Fsp3) is 0.556. The molecule has 10 heteroatoms. The van der Waals surface area contributed by atoms with Gasteiger partial charge in [0.15, 0.2) is 0 Å². The van der Waals surface area contributed by atoms with E-state index >= 15 is 0 Å². The summed E-state index contributed by atoms with van der Waals surface area (Å²) >= 11 is 0. The maximum absolute atomic E-state index is 12.9. The van der Waals surface area contributed by atoms with Crippen molar-refractivity contribution in [3.05, 3.63) is 29.8 Å². The first kappa shape index (κ1) is 22.3. The van der Waals surface area contributed by atoms with Crippen LogP contribution in [0.1, 0.15) is 12.0 Å². The summed E-state index contributed by atoms with van der Waals surface area (Å²) in [6.45, 7) is 3.38. The quantitative estimate of drug-likeness (QED) is 0.586. The number of hydrogen-bond donors (Lipinski definition) is 2. The molecule has 1 aromatic carbocycles. The molecule has 1 heterocycles. The minimum absolute atomic E-state index is 0.106. The molecule has 2 rings (SSSR count). The Morgan fingerprint density at radius 2 is 1.82 bits per heavy atom. The number of ether oxygens (including phenoxy) is 1. The topological polar surface area (TPSA) is 108 Å². The van der Waals surface area contributed by atoms with Crippen LogP contribution in [0.3, 0.4) is 0 Å². The highest BCUT2D eigenvalue weighted by atomic mass is 32.2. The number of carbonyl (C=O) groups excluding carboxylic acids is 2. The molecule has 0 saturated carbocycles. The standard InChI is InChI=1S/C18H28N4O5S/c1-14-5-7-15(8-6-14)28(25,26)22-10-4-12-27-16(22)13-20-18(24)17(23)19-9-11-21(2)3/h5-8,16H,4,9-13H2,1-3H3,(H,19,23)(H,20,24). The van der Waals surface area contributed by atoms with E-state index in [0.29, 0.717) is 26.1 Å². The van der Waals surface area contributed by atoms with Crippen molar-refractivity contribution in [1.82, 2.24) is 19.8 Å². The summed E-state index contributed by atoms with van der Waals surface area (Å²) in [6, 6.07) is 6.55. The van der Waals surface area contributed by atoms with E-state index in [1.165, 1.54) is 4.31 Å². The van der Waals surface area contributed by atoms with Gasteiger partial charge in [-0.15, -0.1) is 0 Å². The number of nitrogens with one attached hydrogen (secondary N) is 2. The van der Waals surface area contributed by atoms with E-state index in [9.17, 15) is 18.0 Å². The van der Waals surface area contributed by atoms with E-state index in [0.717, 1.165) is 5.56 Å². The van der Waals surface area contributed by atoms with Gasteiger partial charge in [0.1, 0.15) is 6.23 Å². The number of nitrogens with zero attached hydrogens (tertiary/aromatic N) is 2. The smallest absolute Gasteiger partial charge is 0.309 e. The van der Waals surface area contributed by atoms with Crippen LogP contribution in [0.15, 0.2) is 29.2 Å². The van der Waals surface area contributed by atoms with E-state index < -0.39 is 28.1 Å². The second-order valence-corrected chi connectivity index (χ2v) is 8.77. The Kier molecular flexibility index (Phi) is 7.93. The highest BCUT2D eigenvalue weighted by Gasteiger charge is 2.34. The summed E-state index contributed by atoms with van der Waals surface area (Å²) in [4.78, 5) is 25.8.